The molecule has 134 valence electrons. The number of para-hydroxylation sites is 1. The molecule has 26 heavy (non-hydrogen) atoms. The Morgan fingerprint density at radius 3 is 2.73 bits per heavy atom. The summed E-state index contributed by atoms with van der Waals surface area (Å²) in [6.45, 7) is 1.72. The molecular weight excluding hydrogens is 367 g/mol. The first kappa shape index (κ1) is 18.1. The van der Waals surface area contributed by atoms with Gasteiger partial charge in [-0.05, 0) is 19.1 Å². The molecule has 0 aliphatic heterocycles. The Kier molecular flexibility index (Phi) is 5.03. The number of nitrogens with one attached hydrogen (secondary N) is 1. The van der Waals surface area contributed by atoms with Gasteiger partial charge in [-0.2, -0.15) is 13.2 Å². The number of aryl methyl sites for hydroxylation is 1. The Hall–Kier alpha value is -2.75. The van der Waals surface area contributed by atoms with E-state index in [9.17, 15) is 18.0 Å². The fourth-order valence-electron chi connectivity index (χ4n) is 2.19. The topological polar surface area (TPSA) is 80.7 Å². The zero-order valence-electron chi connectivity index (χ0n) is 13.4. The molecule has 0 unspecified atom stereocenters. The molecule has 1 aromatic carbocycles. The van der Waals surface area contributed by atoms with Gasteiger partial charge in [0.25, 0.3) is 0 Å². The highest BCUT2D eigenvalue weighted by Crippen LogP contribution is 2.34. The predicted molar refractivity (Wildman–Crippen MR) is 90.7 cm³/mol. The van der Waals surface area contributed by atoms with Crippen molar-refractivity contribution in [3.8, 4) is 0 Å². The van der Waals surface area contributed by atoms with Crippen molar-refractivity contribution in [2.24, 2.45) is 0 Å². The zero-order chi connectivity index (χ0) is 18.7. The van der Waals surface area contributed by atoms with E-state index in [2.05, 4.69) is 25.3 Å². The molecule has 0 fully saturated rings. The Labute approximate surface area is 150 Å². The summed E-state index contributed by atoms with van der Waals surface area (Å²) in [7, 11) is 0. The van der Waals surface area contributed by atoms with Crippen LogP contribution in [0.15, 0.2) is 41.8 Å². The van der Waals surface area contributed by atoms with E-state index in [0.717, 1.165) is 17.8 Å². The Balaban J connectivity index is 1.73. The van der Waals surface area contributed by atoms with Gasteiger partial charge in [0.1, 0.15) is 17.2 Å². The predicted octanol–water partition coefficient (Wildman–Crippen LogP) is 3.48. The molecule has 0 aliphatic rings. The van der Waals surface area contributed by atoms with Gasteiger partial charge in [0.2, 0.25) is 5.91 Å². The van der Waals surface area contributed by atoms with Crippen molar-refractivity contribution in [1.29, 1.82) is 0 Å². The molecule has 0 radical (unpaired) electrons. The number of nitrogens with zero attached hydrogens (tertiary/aromatic N) is 4. The van der Waals surface area contributed by atoms with E-state index in [-0.39, 0.29) is 11.4 Å². The van der Waals surface area contributed by atoms with Gasteiger partial charge in [0.15, 0.2) is 5.65 Å². The quantitative estimate of drug-likeness (QED) is 0.552. The number of benzene rings is 1. The van der Waals surface area contributed by atoms with E-state index in [0.29, 0.717) is 21.9 Å². The van der Waals surface area contributed by atoms with Crippen LogP contribution in [0.4, 0.5) is 18.9 Å². The highest BCUT2D eigenvalue weighted by atomic mass is 32.2. The Morgan fingerprint density at radius 1 is 1.19 bits per heavy atom. The van der Waals surface area contributed by atoms with Gasteiger partial charge >= 0.3 is 6.18 Å². The molecule has 1 N–H and O–H groups in total. The lowest BCUT2D eigenvalue weighted by molar-refractivity contribution is -0.137. The van der Waals surface area contributed by atoms with Crippen LogP contribution in [-0.4, -0.2) is 31.6 Å². The summed E-state index contributed by atoms with van der Waals surface area (Å²) in [6, 6.07) is 4.82. The monoisotopic (exact) mass is 379 g/mol. The second-order valence-corrected chi connectivity index (χ2v) is 6.18. The summed E-state index contributed by atoms with van der Waals surface area (Å²) in [5.74, 6) is -0.147. The van der Waals surface area contributed by atoms with Gasteiger partial charge in [-0.1, -0.05) is 23.9 Å². The van der Waals surface area contributed by atoms with Crippen LogP contribution in [0.1, 0.15) is 11.4 Å². The number of rotatable bonds is 4. The van der Waals surface area contributed by atoms with E-state index < -0.39 is 17.6 Å². The number of thioether (sulfide) groups is 1. The molecule has 2 aromatic heterocycles. The fraction of sp³-hybridized carbons (Fsp3) is 0.188. The van der Waals surface area contributed by atoms with Gasteiger partial charge in [0.05, 0.1) is 22.4 Å². The number of halogens is 3. The lowest BCUT2D eigenvalue weighted by Crippen LogP contribution is -2.18. The van der Waals surface area contributed by atoms with E-state index in [1.54, 1.807) is 13.1 Å². The molecule has 0 atom stereocenters. The molecular formula is C16H12F3N5OS. The van der Waals surface area contributed by atoms with Crippen molar-refractivity contribution in [3.05, 3.63) is 48.2 Å². The van der Waals surface area contributed by atoms with Gasteiger partial charge in [0, 0.05) is 6.20 Å². The molecule has 0 saturated heterocycles. The number of anilines is 1. The molecule has 0 aliphatic carbocycles. The average Bonchev–Trinajstić information content (AvgIpc) is 2.59. The first-order valence-corrected chi connectivity index (χ1v) is 8.36. The van der Waals surface area contributed by atoms with Gasteiger partial charge in [-0.3, -0.25) is 4.79 Å². The molecule has 0 saturated carbocycles. The summed E-state index contributed by atoms with van der Waals surface area (Å²) in [5, 5.41) is 3.35. The molecule has 3 aromatic rings. The van der Waals surface area contributed by atoms with Crippen molar-refractivity contribution in [3.63, 3.8) is 0 Å². The number of fused-ring (bicyclic) bond motifs is 1. The number of alkyl halides is 3. The zero-order valence-corrected chi connectivity index (χ0v) is 14.2. The number of aromatic nitrogens is 4. The van der Waals surface area contributed by atoms with Crippen LogP contribution in [0.3, 0.4) is 0 Å². The highest BCUT2D eigenvalue weighted by molar-refractivity contribution is 8.00. The van der Waals surface area contributed by atoms with Crippen molar-refractivity contribution >= 4 is 34.4 Å². The Bertz CT molecular complexity index is 964. The third-order valence-electron chi connectivity index (χ3n) is 3.32. The number of hydrogen-bond donors (Lipinski definition) is 1. The van der Waals surface area contributed by atoms with Gasteiger partial charge < -0.3 is 5.32 Å². The molecule has 3 rings (SSSR count). The SMILES string of the molecule is Cc1ncc2c(SCC(=O)Nc3ccccc3C(F)(F)F)ncnc2n1. The van der Waals surface area contributed by atoms with E-state index >= 15 is 0 Å². The van der Waals surface area contributed by atoms with Crippen LogP contribution < -0.4 is 5.32 Å². The summed E-state index contributed by atoms with van der Waals surface area (Å²) in [6.07, 6.45) is -1.68. The van der Waals surface area contributed by atoms with Crippen LogP contribution in [-0.2, 0) is 11.0 Å². The molecule has 10 heteroatoms. The number of carbonyl (C=O) groups is 1. The van der Waals surface area contributed by atoms with Crippen molar-refractivity contribution in [2.75, 3.05) is 11.1 Å². The van der Waals surface area contributed by atoms with E-state index in [1.807, 2.05) is 0 Å². The largest absolute Gasteiger partial charge is 0.418 e. The molecule has 1 amide bonds. The first-order chi connectivity index (χ1) is 12.3. The standard InChI is InChI=1S/C16H12F3N5OS/c1-9-20-6-10-14(23-9)21-8-22-15(10)26-7-13(25)24-12-5-3-2-4-11(12)16(17,18)19/h2-6,8H,7H2,1H3,(H,24,25). The maximum Gasteiger partial charge on any atom is 0.418 e. The number of carbonyl (C=O) groups excluding carboxylic acids is 1. The van der Waals surface area contributed by atoms with Crippen LogP contribution >= 0.6 is 11.8 Å². The summed E-state index contributed by atoms with van der Waals surface area (Å²) in [5.41, 5.74) is -0.732. The van der Waals surface area contributed by atoms with Crippen molar-refractivity contribution in [1.82, 2.24) is 19.9 Å². The minimum atomic E-state index is -4.55. The van der Waals surface area contributed by atoms with E-state index in [4.69, 9.17) is 0 Å². The summed E-state index contributed by atoms with van der Waals surface area (Å²) in [4.78, 5) is 28.4. The Morgan fingerprint density at radius 2 is 1.96 bits per heavy atom. The smallest absolute Gasteiger partial charge is 0.325 e. The lowest BCUT2D eigenvalue weighted by atomic mass is 10.1. The second kappa shape index (κ2) is 7.24. The highest BCUT2D eigenvalue weighted by Gasteiger charge is 2.33. The first-order valence-electron chi connectivity index (χ1n) is 7.38. The lowest BCUT2D eigenvalue weighted by Gasteiger charge is -2.13. The number of hydrogen-bond acceptors (Lipinski definition) is 6. The third-order valence-corrected chi connectivity index (χ3v) is 4.33. The third kappa shape index (κ3) is 4.07. The molecule has 2 heterocycles. The maximum atomic E-state index is 13.0. The van der Waals surface area contributed by atoms with Crippen LogP contribution in [0.25, 0.3) is 11.0 Å². The van der Waals surface area contributed by atoms with Crippen LogP contribution in [0, 0.1) is 6.92 Å². The normalized spacial score (nSPS) is 11.5. The maximum absolute atomic E-state index is 13.0. The van der Waals surface area contributed by atoms with Crippen molar-refractivity contribution in [2.45, 2.75) is 18.1 Å². The van der Waals surface area contributed by atoms with Gasteiger partial charge in [-0.25, -0.2) is 19.9 Å². The fourth-order valence-corrected chi connectivity index (χ4v) is 2.95. The molecule has 0 bridgehead atoms. The van der Waals surface area contributed by atoms with E-state index in [1.165, 1.54) is 24.5 Å². The summed E-state index contributed by atoms with van der Waals surface area (Å²) >= 11 is 1.07. The van der Waals surface area contributed by atoms with Crippen LogP contribution in [0.5, 0.6) is 0 Å². The number of amides is 1. The van der Waals surface area contributed by atoms with Gasteiger partial charge in [-0.15, -0.1) is 0 Å². The minimum absolute atomic E-state index is 0.119. The molecule has 6 nitrogen and oxygen atoms in total. The minimum Gasteiger partial charge on any atom is -0.325 e. The average molecular weight is 379 g/mol. The van der Waals surface area contributed by atoms with Crippen molar-refractivity contribution < 1.29 is 18.0 Å². The second-order valence-electron chi connectivity index (χ2n) is 5.21. The van der Waals surface area contributed by atoms with Crippen LogP contribution in [0.2, 0.25) is 0 Å². The summed E-state index contributed by atoms with van der Waals surface area (Å²) < 4.78 is 38.9. The molecule has 0 spiro atoms.